The highest BCUT2D eigenvalue weighted by Crippen LogP contribution is 2.38. The van der Waals surface area contributed by atoms with Crippen molar-refractivity contribution in [1.82, 2.24) is 0 Å². The molecular formula is C26H24N2O3. The van der Waals surface area contributed by atoms with Crippen LogP contribution in [0, 0.1) is 20.8 Å². The van der Waals surface area contributed by atoms with Crippen molar-refractivity contribution in [1.29, 1.82) is 0 Å². The van der Waals surface area contributed by atoms with Crippen LogP contribution in [0.5, 0.6) is 5.75 Å². The fourth-order valence-corrected chi connectivity index (χ4v) is 3.91. The Morgan fingerprint density at radius 1 is 0.806 bits per heavy atom. The highest BCUT2D eigenvalue weighted by molar-refractivity contribution is 6.46. The van der Waals surface area contributed by atoms with Crippen LogP contribution in [0.25, 0.3) is 5.57 Å². The van der Waals surface area contributed by atoms with E-state index in [2.05, 4.69) is 5.32 Å². The summed E-state index contributed by atoms with van der Waals surface area (Å²) in [5.74, 6) is -0.236. The number of ether oxygens (including phenoxy) is 1. The number of methoxy groups -OCH3 is 1. The van der Waals surface area contributed by atoms with Crippen molar-refractivity contribution >= 4 is 28.8 Å². The van der Waals surface area contributed by atoms with E-state index in [0.717, 1.165) is 22.4 Å². The summed E-state index contributed by atoms with van der Waals surface area (Å²) in [6.45, 7) is 5.85. The molecule has 5 heteroatoms. The lowest BCUT2D eigenvalue weighted by atomic mass is 10.0. The van der Waals surface area contributed by atoms with E-state index in [4.69, 9.17) is 4.74 Å². The van der Waals surface area contributed by atoms with Crippen molar-refractivity contribution in [2.45, 2.75) is 20.8 Å². The van der Waals surface area contributed by atoms with Crippen LogP contribution in [0.4, 0.5) is 11.4 Å². The normalized spacial score (nSPS) is 13.7. The number of nitrogens with one attached hydrogen (secondary N) is 1. The summed E-state index contributed by atoms with van der Waals surface area (Å²) in [4.78, 5) is 28.5. The van der Waals surface area contributed by atoms with Gasteiger partial charge in [0.05, 0.1) is 18.4 Å². The van der Waals surface area contributed by atoms with Crippen LogP contribution in [0.2, 0.25) is 0 Å². The monoisotopic (exact) mass is 412 g/mol. The number of anilines is 2. The van der Waals surface area contributed by atoms with Crippen molar-refractivity contribution in [2.75, 3.05) is 17.3 Å². The third-order valence-electron chi connectivity index (χ3n) is 5.33. The molecule has 0 aromatic heterocycles. The average Bonchev–Trinajstić information content (AvgIpc) is 2.98. The van der Waals surface area contributed by atoms with Crippen LogP contribution in [-0.4, -0.2) is 18.9 Å². The van der Waals surface area contributed by atoms with Crippen molar-refractivity contribution in [3.8, 4) is 5.75 Å². The smallest absolute Gasteiger partial charge is 0.282 e. The molecule has 0 spiro atoms. The van der Waals surface area contributed by atoms with Crippen molar-refractivity contribution in [2.24, 2.45) is 0 Å². The first-order valence-electron chi connectivity index (χ1n) is 10.1. The van der Waals surface area contributed by atoms with Gasteiger partial charge in [-0.25, -0.2) is 4.90 Å². The Morgan fingerprint density at radius 2 is 1.45 bits per heavy atom. The Hall–Kier alpha value is -3.86. The van der Waals surface area contributed by atoms with E-state index in [9.17, 15) is 9.59 Å². The fourth-order valence-electron chi connectivity index (χ4n) is 3.91. The van der Waals surface area contributed by atoms with E-state index in [1.54, 1.807) is 19.2 Å². The molecule has 0 aliphatic carbocycles. The maximum atomic E-state index is 13.6. The van der Waals surface area contributed by atoms with Gasteiger partial charge in [-0.15, -0.1) is 0 Å². The van der Waals surface area contributed by atoms with Crippen LogP contribution < -0.4 is 15.0 Å². The fraction of sp³-hybridized carbons (Fsp3) is 0.154. The Balaban J connectivity index is 1.90. The zero-order valence-corrected chi connectivity index (χ0v) is 18.0. The van der Waals surface area contributed by atoms with E-state index in [0.29, 0.717) is 22.6 Å². The number of imide groups is 1. The molecule has 0 atom stereocenters. The zero-order chi connectivity index (χ0) is 22.1. The van der Waals surface area contributed by atoms with Gasteiger partial charge in [-0.05, 0) is 61.7 Å². The highest BCUT2D eigenvalue weighted by Gasteiger charge is 2.41. The van der Waals surface area contributed by atoms with Gasteiger partial charge in [0.2, 0.25) is 0 Å². The Bertz CT molecular complexity index is 1210. The molecular weight excluding hydrogens is 388 g/mol. The standard InChI is InChI=1S/C26H24N2O3/c1-16-13-17(2)15-19(14-16)28-25(29)23(20-10-6-8-12-22(20)31-4)24(26(28)30)27-21-11-7-5-9-18(21)3/h5-15,27H,1-4H3. The number of benzene rings is 3. The largest absolute Gasteiger partial charge is 0.496 e. The summed E-state index contributed by atoms with van der Waals surface area (Å²) in [5.41, 5.74) is 5.37. The number of nitrogens with zero attached hydrogens (tertiary/aromatic N) is 1. The second kappa shape index (κ2) is 8.11. The second-order valence-electron chi connectivity index (χ2n) is 7.68. The lowest BCUT2D eigenvalue weighted by molar-refractivity contribution is -0.120. The molecule has 1 aliphatic heterocycles. The molecule has 0 fully saturated rings. The number of para-hydroxylation sites is 2. The summed E-state index contributed by atoms with van der Waals surface area (Å²) in [5, 5.41) is 3.23. The van der Waals surface area contributed by atoms with Crippen LogP contribution in [0.1, 0.15) is 22.3 Å². The number of rotatable bonds is 5. The predicted octanol–water partition coefficient (Wildman–Crippen LogP) is 5.02. The van der Waals surface area contributed by atoms with Crippen molar-refractivity contribution in [3.63, 3.8) is 0 Å². The third kappa shape index (κ3) is 3.70. The topological polar surface area (TPSA) is 58.6 Å². The Kier molecular flexibility index (Phi) is 5.34. The molecule has 4 rings (SSSR count). The lowest BCUT2D eigenvalue weighted by Crippen LogP contribution is -2.32. The first-order valence-corrected chi connectivity index (χ1v) is 10.1. The number of amides is 2. The number of carbonyl (C=O) groups excluding carboxylic acids is 2. The molecule has 31 heavy (non-hydrogen) atoms. The van der Waals surface area contributed by atoms with Crippen molar-refractivity contribution < 1.29 is 14.3 Å². The lowest BCUT2D eigenvalue weighted by Gasteiger charge is -2.17. The maximum Gasteiger partial charge on any atom is 0.282 e. The van der Waals surface area contributed by atoms with Gasteiger partial charge in [0.25, 0.3) is 11.8 Å². The van der Waals surface area contributed by atoms with E-state index in [-0.39, 0.29) is 17.5 Å². The van der Waals surface area contributed by atoms with Gasteiger partial charge in [-0.1, -0.05) is 42.5 Å². The van der Waals surface area contributed by atoms with Gasteiger partial charge in [0, 0.05) is 11.3 Å². The molecule has 2 amide bonds. The molecule has 1 aliphatic rings. The molecule has 0 radical (unpaired) electrons. The van der Waals surface area contributed by atoms with Crippen LogP contribution >= 0.6 is 0 Å². The third-order valence-corrected chi connectivity index (χ3v) is 5.33. The van der Waals surface area contributed by atoms with Gasteiger partial charge in [0.15, 0.2) is 0 Å². The SMILES string of the molecule is COc1ccccc1C1=C(Nc2ccccc2C)C(=O)N(c2cc(C)cc(C)c2)C1=O. The molecule has 5 nitrogen and oxygen atoms in total. The first kappa shape index (κ1) is 20.4. The van der Waals surface area contributed by atoms with E-state index >= 15 is 0 Å². The number of carbonyl (C=O) groups is 2. The molecule has 3 aromatic rings. The average molecular weight is 412 g/mol. The molecule has 0 bridgehead atoms. The second-order valence-corrected chi connectivity index (χ2v) is 7.68. The van der Waals surface area contributed by atoms with Gasteiger partial charge in [-0.2, -0.15) is 0 Å². The Morgan fingerprint density at radius 3 is 2.13 bits per heavy atom. The van der Waals surface area contributed by atoms with Crippen molar-refractivity contribution in [3.05, 3.63) is 94.7 Å². The van der Waals surface area contributed by atoms with E-state index in [1.807, 2.05) is 75.4 Å². The quantitative estimate of drug-likeness (QED) is 0.598. The number of hydrogen-bond acceptors (Lipinski definition) is 4. The van der Waals surface area contributed by atoms with Gasteiger partial charge in [-0.3, -0.25) is 9.59 Å². The minimum Gasteiger partial charge on any atom is -0.496 e. The van der Waals surface area contributed by atoms with Gasteiger partial charge >= 0.3 is 0 Å². The molecule has 0 saturated carbocycles. The van der Waals surface area contributed by atoms with Gasteiger partial charge in [0.1, 0.15) is 11.4 Å². The minimum absolute atomic E-state index is 0.239. The van der Waals surface area contributed by atoms with Crippen LogP contribution in [-0.2, 0) is 9.59 Å². The molecule has 0 saturated heterocycles. The molecule has 1 heterocycles. The summed E-state index contributed by atoms with van der Waals surface area (Å²) < 4.78 is 5.50. The molecule has 156 valence electrons. The molecule has 1 N–H and O–H groups in total. The molecule has 3 aromatic carbocycles. The van der Waals surface area contributed by atoms with Gasteiger partial charge < -0.3 is 10.1 Å². The summed E-state index contributed by atoms with van der Waals surface area (Å²) in [6.07, 6.45) is 0. The van der Waals surface area contributed by atoms with E-state index < -0.39 is 0 Å². The van der Waals surface area contributed by atoms with E-state index in [1.165, 1.54) is 4.90 Å². The maximum absolute atomic E-state index is 13.6. The predicted molar refractivity (Wildman–Crippen MR) is 123 cm³/mol. The summed E-state index contributed by atoms with van der Waals surface area (Å²) in [7, 11) is 1.55. The number of aryl methyl sites for hydroxylation is 3. The minimum atomic E-state index is -0.390. The first-order chi connectivity index (χ1) is 14.9. The van der Waals surface area contributed by atoms with Crippen LogP contribution in [0.15, 0.2) is 72.4 Å². The summed E-state index contributed by atoms with van der Waals surface area (Å²) in [6, 6.07) is 20.6. The highest BCUT2D eigenvalue weighted by atomic mass is 16.5. The molecule has 0 unspecified atom stereocenters. The van der Waals surface area contributed by atoms with Crippen LogP contribution in [0.3, 0.4) is 0 Å². The summed E-state index contributed by atoms with van der Waals surface area (Å²) >= 11 is 0. The zero-order valence-electron chi connectivity index (χ0n) is 18.0. The Labute approximate surface area is 182 Å². The number of hydrogen-bond donors (Lipinski definition) is 1.